The van der Waals surface area contributed by atoms with Gasteiger partial charge in [-0.2, -0.15) is 0 Å². The summed E-state index contributed by atoms with van der Waals surface area (Å²) in [5.74, 6) is 0.447. The normalized spacial score (nSPS) is 28.8. The zero-order valence-corrected chi connectivity index (χ0v) is 10.0. The van der Waals surface area contributed by atoms with Crippen LogP contribution in [-0.2, 0) is 4.79 Å². The summed E-state index contributed by atoms with van der Waals surface area (Å²) in [4.78, 5) is 13.8. The van der Waals surface area contributed by atoms with E-state index in [2.05, 4.69) is 4.90 Å². The van der Waals surface area contributed by atoms with E-state index in [4.69, 9.17) is 5.11 Å². The molecule has 0 amide bonds. The monoisotopic (exact) mass is 225 g/mol. The summed E-state index contributed by atoms with van der Waals surface area (Å²) in [6, 6.07) is 1.31. The third-order valence-electron chi connectivity index (χ3n) is 4.10. The van der Waals surface area contributed by atoms with Crippen LogP contribution < -0.4 is 0 Å². The predicted molar refractivity (Wildman–Crippen MR) is 63.3 cm³/mol. The van der Waals surface area contributed by atoms with Crippen LogP contribution in [0.15, 0.2) is 0 Å². The van der Waals surface area contributed by atoms with Crippen LogP contribution in [0.2, 0.25) is 0 Å². The van der Waals surface area contributed by atoms with Gasteiger partial charge in [-0.3, -0.25) is 9.69 Å². The van der Waals surface area contributed by atoms with Gasteiger partial charge >= 0.3 is 0 Å². The van der Waals surface area contributed by atoms with E-state index in [9.17, 15) is 4.79 Å². The SMILES string of the molecule is O=C1CCC(N2CCCC2CCCO)CC1. The van der Waals surface area contributed by atoms with Crippen molar-refractivity contribution in [2.45, 2.75) is 63.5 Å². The molecule has 1 atom stereocenters. The molecule has 3 nitrogen and oxygen atoms in total. The summed E-state index contributed by atoms with van der Waals surface area (Å²) in [6.45, 7) is 1.52. The van der Waals surface area contributed by atoms with Gasteiger partial charge in [0.2, 0.25) is 0 Å². The van der Waals surface area contributed by atoms with Crippen molar-refractivity contribution in [1.29, 1.82) is 0 Å². The van der Waals surface area contributed by atoms with Gasteiger partial charge in [-0.25, -0.2) is 0 Å². The molecule has 1 aliphatic carbocycles. The van der Waals surface area contributed by atoms with E-state index < -0.39 is 0 Å². The number of carbonyl (C=O) groups is 1. The molecular formula is C13H23NO2. The molecule has 92 valence electrons. The third-order valence-corrected chi connectivity index (χ3v) is 4.10. The van der Waals surface area contributed by atoms with Gasteiger partial charge in [0.15, 0.2) is 0 Å². The Balaban J connectivity index is 1.84. The second kappa shape index (κ2) is 5.78. The van der Waals surface area contributed by atoms with Gasteiger partial charge in [0.05, 0.1) is 0 Å². The van der Waals surface area contributed by atoms with Crippen molar-refractivity contribution in [2.24, 2.45) is 0 Å². The topological polar surface area (TPSA) is 40.5 Å². The molecule has 1 aliphatic heterocycles. The maximum atomic E-state index is 11.2. The molecule has 2 aliphatic rings. The van der Waals surface area contributed by atoms with Crippen molar-refractivity contribution < 1.29 is 9.90 Å². The molecule has 1 N–H and O–H groups in total. The van der Waals surface area contributed by atoms with Gasteiger partial charge in [0, 0.05) is 31.5 Å². The molecule has 0 radical (unpaired) electrons. The molecule has 1 heterocycles. The van der Waals surface area contributed by atoms with Crippen molar-refractivity contribution in [1.82, 2.24) is 4.90 Å². The second-order valence-electron chi connectivity index (χ2n) is 5.17. The molecule has 0 aromatic rings. The van der Waals surface area contributed by atoms with Gasteiger partial charge in [0.25, 0.3) is 0 Å². The lowest BCUT2D eigenvalue weighted by Gasteiger charge is -2.35. The number of carbonyl (C=O) groups excluding carboxylic acids is 1. The second-order valence-corrected chi connectivity index (χ2v) is 5.17. The molecular weight excluding hydrogens is 202 g/mol. The van der Waals surface area contributed by atoms with Gasteiger partial charge in [-0.05, 0) is 45.1 Å². The van der Waals surface area contributed by atoms with Crippen LogP contribution in [0.3, 0.4) is 0 Å². The predicted octanol–water partition coefficient (Wildman–Crippen LogP) is 1.73. The molecule has 3 heteroatoms. The summed E-state index contributed by atoms with van der Waals surface area (Å²) in [5.41, 5.74) is 0. The fourth-order valence-corrected chi connectivity index (χ4v) is 3.23. The van der Waals surface area contributed by atoms with Crippen LogP contribution in [0, 0.1) is 0 Å². The van der Waals surface area contributed by atoms with Crippen molar-refractivity contribution in [3.05, 3.63) is 0 Å². The Labute approximate surface area is 97.8 Å². The highest BCUT2D eigenvalue weighted by molar-refractivity contribution is 5.79. The van der Waals surface area contributed by atoms with Crippen LogP contribution >= 0.6 is 0 Å². The summed E-state index contributed by atoms with van der Waals surface area (Å²) < 4.78 is 0. The first kappa shape index (κ1) is 12.1. The van der Waals surface area contributed by atoms with Crippen LogP contribution in [0.5, 0.6) is 0 Å². The summed E-state index contributed by atoms with van der Waals surface area (Å²) in [6.07, 6.45) is 8.32. The van der Waals surface area contributed by atoms with Gasteiger partial charge < -0.3 is 5.11 Å². The molecule has 0 aromatic heterocycles. The Hall–Kier alpha value is -0.410. The Morgan fingerprint density at radius 3 is 2.69 bits per heavy atom. The highest BCUT2D eigenvalue weighted by Gasteiger charge is 2.32. The molecule has 0 spiro atoms. The summed E-state index contributed by atoms with van der Waals surface area (Å²) in [7, 11) is 0. The fraction of sp³-hybridized carbons (Fsp3) is 0.923. The number of aliphatic hydroxyl groups is 1. The van der Waals surface area contributed by atoms with Gasteiger partial charge in [-0.15, -0.1) is 0 Å². The van der Waals surface area contributed by atoms with Crippen molar-refractivity contribution in [3.63, 3.8) is 0 Å². The van der Waals surface area contributed by atoms with Crippen LogP contribution in [0.25, 0.3) is 0 Å². The fourth-order valence-electron chi connectivity index (χ4n) is 3.23. The number of likely N-dealkylation sites (tertiary alicyclic amines) is 1. The quantitative estimate of drug-likeness (QED) is 0.792. The minimum absolute atomic E-state index is 0.313. The van der Waals surface area contributed by atoms with Crippen LogP contribution in [0.4, 0.5) is 0 Å². The van der Waals surface area contributed by atoms with E-state index in [-0.39, 0.29) is 0 Å². The molecule has 0 aromatic carbocycles. The highest BCUT2D eigenvalue weighted by Crippen LogP contribution is 2.29. The molecule has 2 fully saturated rings. The lowest BCUT2D eigenvalue weighted by Crippen LogP contribution is -2.41. The van der Waals surface area contributed by atoms with E-state index in [1.807, 2.05) is 0 Å². The average Bonchev–Trinajstić information content (AvgIpc) is 2.75. The van der Waals surface area contributed by atoms with E-state index in [1.54, 1.807) is 0 Å². The largest absolute Gasteiger partial charge is 0.396 e. The molecule has 16 heavy (non-hydrogen) atoms. The number of hydrogen-bond acceptors (Lipinski definition) is 3. The number of aliphatic hydroxyl groups excluding tert-OH is 1. The van der Waals surface area contributed by atoms with Crippen LogP contribution in [-0.4, -0.2) is 41.0 Å². The lowest BCUT2D eigenvalue weighted by atomic mass is 9.92. The maximum absolute atomic E-state index is 11.2. The Bertz CT molecular complexity index is 232. The first-order valence-electron chi connectivity index (χ1n) is 6.69. The molecule has 1 saturated heterocycles. The Morgan fingerprint density at radius 2 is 2.00 bits per heavy atom. The first-order chi connectivity index (χ1) is 7.81. The van der Waals surface area contributed by atoms with Crippen molar-refractivity contribution in [3.8, 4) is 0 Å². The minimum atomic E-state index is 0.313. The number of rotatable bonds is 4. The molecule has 2 rings (SSSR count). The van der Waals surface area contributed by atoms with E-state index in [1.165, 1.54) is 19.4 Å². The standard InChI is InChI=1S/C13H23NO2/c15-10-2-4-11-3-1-9-14(11)12-5-7-13(16)8-6-12/h11-12,15H,1-10H2. The van der Waals surface area contributed by atoms with Crippen LogP contribution in [0.1, 0.15) is 51.4 Å². The van der Waals surface area contributed by atoms with Crippen molar-refractivity contribution in [2.75, 3.05) is 13.2 Å². The number of Topliss-reactive ketones (excluding diaryl/α,β-unsaturated/α-hetero) is 1. The molecule has 1 unspecified atom stereocenters. The highest BCUT2D eigenvalue weighted by atomic mass is 16.2. The van der Waals surface area contributed by atoms with Gasteiger partial charge in [-0.1, -0.05) is 0 Å². The molecule has 0 bridgehead atoms. The first-order valence-corrected chi connectivity index (χ1v) is 6.69. The van der Waals surface area contributed by atoms with Gasteiger partial charge in [0.1, 0.15) is 5.78 Å². The molecule has 1 saturated carbocycles. The Morgan fingerprint density at radius 1 is 1.25 bits per heavy atom. The Kier molecular flexibility index (Phi) is 4.36. The van der Waals surface area contributed by atoms with E-state index in [0.29, 0.717) is 24.5 Å². The zero-order valence-electron chi connectivity index (χ0n) is 10.0. The van der Waals surface area contributed by atoms with Crippen molar-refractivity contribution >= 4 is 5.78 Å². The smallest absolute Gasteiger partial charge is 0.133 e. The lowest BCUT2D eigenvalue weighted by molar-refractivity contribution is -0.121. The summed E-state index contributed by atoms with van der Waals surface area (Å²) in [5, 5.41) is 8.89. The number of hydrogen-bond donors (Lipinski definition) is 1. The van der Waals surface area contributed by atoms with E-state index >= 15 is 0 Å². The zero-order chi connectivity index (χ0) is 11.4. The number of nitrogens with zero attached hydrogens (tertiary/aromatic N) is 1. The average molecular weight is 225 g/mol. The van der Waals surface area contributed by atoms with E-state index in [0.717, 1.165) is 38.5 Å². The summed E-state index contributed by atoms with van der Waals surface area (Å²) >= 11 is 0. The number of ketones is 1. The third kappa shape index (κ3) is 2.83. The minimum Gasteiger partial charge on any atom is -0.396 e. The maximum Gasteiger partial charge on any atom is 0.133 e.